The number of carbonyl (C=O) groups is 2. The Labute approximate surface area is 138 Å². The number of amides is 2. The van der Waals surface area contributed by atoms with E-state index in [0.29, 0.717) is 25.3 Å². The normalized spacial score (nSPS) is 11.0. The van der Waals surface area contributed by atoms with E-state index in [0.717, 1.165) is 11.1 Å². The molecule has 0 aromatic heterocycles. The van der Waals surface area contributed by atoms with Gasteiger partial charge in [-0.2, -0.15) is 0 Å². The third kappa shape index (κ3) is 8.24. The Bertz CT molecular complexity index is 548. The summed E-state index contributed by atoms with van der Waals surface area (Å²) >= 11 is 0. The van der Waals surface area contributed by atoms with Crippen LogP contribution in [0.5, 0.6) is 5.75 Å². The third-order valence-corrected chi connectivity index (χ3v) is 3.15. The molecule has 0 saturated heterocycles. The summed E-state index contributed by atoms with van der Waals surface area (Å²) in [6, 6.07) is 5.83. The molecule has 1 aromatic rings. The number of ether oxygens (including phenoxy) is 1. The topological polar surface area (TPSA) is 67.4 Å². The molecule has 0 radical (unpaired) electrons. The van der Waals surface area contributed by atoms with Crippen molar-refractivity contribution >= 4 is 11.8 Å². The molecule has 1 rings (SSSR count). The van der Waals surface area contributed by atoms with Crippen LogP contribution in [-0.2, 0) is 9.59 Å². The van der Waals surface area contributed by atoms with Crippen molar-refractivity contribution in [1.82, 2.24) is 10.6 Å². The van der Waals surface area contributed by atoms with Crippen LogP contribution in [0, 0.1) is 19.3 Å². The van der Waals surface area contributed by atoms with Crippen LogP contribution < -0.4 is 15.4 Å². The van der Waals surface area contributed by atoms with E-state index in [-0.39, 0.29) is 23.8 Å². The number of hydrogen-bond acceptors (Lipinski definition) is 3. The lowest BCUT2D eigenvalue weighted by Gasteiger charge is -2.17. The Morgan fingerprint density at radius 2 is 1.65 bits per heavy atom. The van der Waals surface area contributed by atoms with E-state index in [1.165, 1.54) is 0 Å². The van der Waals surface area contributed by atoms with Gasteiger partial charge < -0.3 is 15.4 Å². The van der Waals surface area contributed by atoms with Crippen LogP contribution in [0.1, 0.15) is 38.3 Å². The molecule has 0 aliphatic heterocycles. The Hall–Kier alpha value is -2.04. The quantitative estimate of drug-likeness (QED) is 0.758. The van der Waals surface area contributed by atoms with Gasteiger partial charge >= 0.3 is 0 Å². The van der Waals surface area contributed by atoms with Crippen molar-refractivity contribution in [3.05, 3.63) is 29.3 Å². The molecule has 2 N–H and O–H groups in total. The lowest BCUT2D eigenvalue weighted by Crippen LogP contribution is -2.37. The molecule has 0 spiro atoms. The minimum absolute atomic E-state index is 0.00159. The summed E-state index contributed by atoms with van der Waals surface area (Å²) in [5.74, 6) is 0.512. The van der Waals surface area contributed by atoms with Gasteiger partial charge in [0.25, 0.3) is 5.91 Å². The number of nitrogens with one attached hydrogen (secondary N) is 2. The zero-order valence-electron chi connectivity index (χ0n) is 14.8. The first kappa shape index (κ1) is 19.0. The fourth-order valence-electron chi connectivity index (χ4n) is 2.10. The first-order chi connectivity index (χ1) is 10.7. The molecule has 0 heterocycles. The highest BCUT2D eigenvalue weighted by atomic mass is 16.5. The molecule has 1 aromatic carbocycles. The molecule has 5 nitrogen and oxygen atoms in total. The lowest BCUT2D eigenvalue weighted by atomic mass is 9.92. The second kappa shape index (κ2) is 8.56. The number of hydrogen-bond donors (Lipinski definition) is 2. The fraction of sp³-hybridized carbons (Fsp3) is 0.556. The van der Waals surface area contributed by atoms with Crippen LogP contribution in [0.3, 0.4) is 0 Å². The van der Waals surface area contributed by atoms with Crippen LogP contribution in [0.2, 0.25) is 0 Å². The molecular formula is C18H28N2O3. The highest BCUT2D eigenvalue weighted by Gasteiger charge is 2.15. The Kier molecular flexibility index (Phi) is 7.07. The van der Waals surface area contributed by atoms with Gasteiger partial charge in [0.2, 0.25) is 5.91 Å². The zero-order chi connectivity index (χ0) is 17.5. The smallest absolute Gasteiger partial charge is 0.258 e. The Morgan fingerprint density at radius 1 is 1.04 bits per heavy atom. The second-order valence-corrected chi connectivity index (χ2v) is 6.99. The van der Waals surface area contributed by atoms with E-state index < -0.39 is 0 Å². The molecule has 0 bridgehead atoms. The van der Waals surface area contributed by atoms with Gasteiger partial charge in [-0.1, -0.05) is 38.5 Å². The summed E-state index contributed by atoms with van der Waals surface area (Å²) in [6.07, 6.45) is 0.469. The fourth-order valence-corrected chi connectivity index (χ4v) is 2.10. The van der Waals surface area contributed by atoms with Gasteiger partial charge in [-0.25, -0.2) is 0 Å². The van der Waals surface area contributed by atoms with E-state index in [1.54, 1.807) is 0 Å². The molecule has 0 aliphatic rings. The van der Waals surface area contributed by atoms with E-state index in [9.17, 15) is 9.59 Å². The molecule has 5 heteroatoms. The SMILES string of the molecule is Cc1ccc(OCC(=O)NCCNC(=O)CC(C)(C)C)c(C)c1. The molecule has 0 fully saturated rings. The molecule has 0 atom stereocenters. The first-order valence-corrected chi connectivity index (χ1v) is 7.91. The van der Waals surface area contributed by atoms with E-state index in [4.69, 9.17) is 4.74 Å². The number of benzene rings is 1. The van der Waals surface area contributed by atoms with Crippen LogP contribution in [0.15, 0.2) is 18.2 Å². The van der Waals surface area contributed by atoms with E-state index in [2.05, 4.69) is 10.6 Å². The van der Waals surface area contributed by atoms with Crippen LogP contribution in [-0.4, -0.2) is 31.5 Å². The first-order valence-electron chi connectivity index (χ1n) is 7.91. The minimum Gasteiger partial charge on any atom is -0.484 e. The molecule has 0 unspecified atom stereocenters. The molecule has 0 saturated carbocycles. The minimum atomic E-state index is -0.199. The van der Waals surface area contributed by atoms with Gasteiger partial charge in [0.15, 0.2) is 6.61 Å². The summed E-state index contributed by atoms with van der Waals surface area (Å²) in [7, 11) is 0. The summed E-state index contributed by atoms with van der Waals surface area (Å²) < 4.78 is 5.50. The van der Waals surface area contributed by atoms with Crippen molar-refractivity contribution in [2.24, 2.45) is 5.41 Å². The van der Waals surface area contributed by atoms with Crippen LogP contribution in [0.4, 0.5) is 0 Å². The highest BCUT2D eigenvalue weighted by Crippen LogP contribution is 2.18. The molecule has 23 heavy (non-hydrogen) atoms. The zero-order valence-corrected chi connectivity index (χ0v) is 14.8. The summed E-state index contributed by atoms with van der Waals surface area (Å²) in [5, 5.41) is 5.51. The Morgan fingerprint density at radius 3 is 2.22 bits per heavy atom. The van der Waals surface area contributed by atoms with Crippen LogP contribution in [0.25, 0.3) is 0 Å². The third-order valence-electron chi connectivity index (χ3n) is 3.15. The summed E-state index contributed by atoms with van der Waals surface area (Å²) in [6.45, 7) is 10.8. The highest BCUT2D eigenvalue weighted by molar-refractivity contribution is 5.78. The Balaban J connectivity index is 2.21. The van der Waals surface area contributed by atoms with Gasteiger partial charge in [-0.3, -0.25) is 9.59 Å². The average Bonchev–Trinajstić information content (AvgIpc) is 2.40. The monoisotopic (exact) mass is 320 g/mol. The molecule has 128 valence electrons. The van der Waals surface area contributed by atoms with Crippen LogP contribution >= 0.6 is 0 Å². The second-order valence-electron chi connectivity index (χ2n) is 6.99. The average molecular weight is 320 g/mol. The number of carbonyl (C=O) groups excluding carboxylic acids is 2. The maximum Gasteiger partial charge on any atom is 0.258 e. The molecular weight excluding hydrogens is 292 g/mol. The van der Waals surface area contributed by atoms with E-state index in [1.807, 2.05) is 52.8 Å². The van der Waals surface area contributed by atoms with Gasteiger partial charge in [0.05, 0.1) is 0 Å². The summed E-state index contributed by atoms with van der Waals surface area (Å²) in [5.41, 5.74) is 2.13. The number of rotatable bonds is 7. The van der Waals surface area contributed by atoms with Gasteiger partial charge in [-0.15, -0.1) is 0 Å². The predicted octanol–water partition coefficient (Wildman–Crippen LogP) is 2.35. The van der Waals surface area contributed by atoms with Crippen molar-refractivity contribution < 1.29 is 14.3 Å². The molecule has 2 amide bonds. The maximum absolute atomic E-state index is 11.7. The van der Waals surface area contributed by atoms with Gasteiger partial charge in [-0.05, 0) is 30.9 Å². The standard InChI is InChI=1S/C18H28N2O3/c1-13-6-7-15(14(2)10-13)23-12-17(22)20-9-8-19-16(21)11-18(3,4)5/h6-7,10H,8-9,11-12H2,1-5H3,(H,19,21)(H,20,22). The maximum atomic E-state index is 11.7. The predicted molar refractivity (Wildman–Crippen MR) is 91.5 cm³/mol. The van der Waals surface area contributed by atoms with Crippen molar-refractivity contribution in [3.8, 4) is 5.75 Å². The summed E-state index contributed by atoms with van der Waals surface area (Å²) in [4.78, 5) is 23.3. The number of aryl methyl sites for hydroxylation is 2. The van der Waals surface area contributed by atoms with E-state index >= 15 is 0 Å². The van der Waals surface area contributed by atoms with Crippen molar-refractivity contribution in [3.63, 3.8) is 0 Å². The van der Waals surface area contributed by atoms with Gasteiger partial charge in [0, 0.05) is 19.5 Å². The van der Waals surface area contributed by atoms with Crippen molar-refractivity contribution in [1.29, 1.82) is 0 Å². The molecule has 0 aliphatic carbocycles. The lowest BCUT2D eigenvalue weighted by molar-refractivity contribution is -0.124. The largest absolute Gasteiger partial charge is 0.484 e. The van der Waals surface area contributed by atoms with Crippen molar-refractivity contribution in [2.75, 3.05) is 19.7 Å². The van der Waals surface area contributed by atoms with Crippen molar-refractivity contribution in [2.45, 2.75) is 41.0 Å². The van der Waals surface area contributed by atoms with Gasteiger partial charge in [0.1, 0.15) is 5.75 Å².